The van der Waals surface area contributed by atoms with Gasteiger partial charge in [0, 0.05) is 11.6 Å². The van der Waals surface area contributed by atoms with Crippen molar-refractivity contribution in [3.05, 3.63) is 36.4 Å². The summed E-state index contributed by atoms with van der Waals surface area (Å²) in [5.74, 6) is 0. The quantitative estimate of drug-likeness (QED) is 0.591. The molecule has 0 aliphatic carbocycles. The van der Waals surface area contributed by atoms with Gasteiger partial charge < -0.3 is 4.29 Å². The van der Waals surface area contributed by atoms with E-state index in [4.69, 9.17) is 0 Å². The van der Waals surface area contributed by atoms with Crippen molar-refractivity contribution < 1.29 is 9.08 Å². The van der Waals surface area contributed by atoms with Gasteiger partial charge in [-0.15, -0.1) is 0 Å². The van der Waals surface area contributed by atoms with E-state index in [1.807, 2.05) is 36.4 Å². The van der Waals surface area contributed by atoms with E-state index in [0.29, 0.717) is 0 Å². The van der Waals surface area contributed by atoms with Crippen molar-refractivity contribution in [3.63, 3.8) is 0 Å². The molecule has 4 heteroatoms. The van der Waals surface area contributed by atoms with Gasteiger partial charge in [0.2, 0.25) is 0 Å². The molecule has 2 nitrogen and oxygen atoms in total. The number of halogens is 2. The van der Waals surface area contributed by atoms with Crippen LogP contribution >= 0.6 is 23.5 Å². The van der Waals surface area contributed by atoms with Crippen LogP contribution in [0.4, 0.5) is 4.79 Å². The molecular weight excluding hydrogens is 187 g/mol. The lowest BCUT2D eigenvalue weighted by Crippen LogP contribution is -1.72. The normalized spacial score (nSPS) is 7.45. The Hall–Kier alpha value is -0.730. The lowest BCUT2D eigenvalue weighted by molar-refractivity contribution is 0.230. The third kappa shape index (κ3) is 9.27. The van der Waals surface area contributed by atoms with Gasteiger partial charge in [0.05, 0.1) is 0 Å². The molecule has 0 radical (unpaired) electrons. The van der Waals surface area contributed by atoms with E-state index < -0.39 is 5.43 Å². The largest absolute Gasteiger partial charge is 0.421 e. The molecule has 60 valence electrons. The Labute approximate surface area is 74.9 Å². The van der Waals surface area contributed by atoms with E-state index in [1.54, 1.807) is 0 Å². The lowest BCUT2D eigenvalue weighted by atomic mass is 10.4. The van der Waals surface area contributed by atoms with Crippen LogP contribution < -0.4 is 0 Å². The summed E-state index contributed by atoms with van der Waals surface area (Å²) in [5, 5.41) is 0. The fourth-order valence-corrected chi connectivity index (χ4v) is 0.385. The van der Waals surface area contributed by atoms with Crippen molar-refractivity contribution in [1.29, 1.82) is 0 Å². The first-order valence-corrected chi connectivity index (χ1v) is 3.44. The van der Waals surface area contributed by atoms with Gasteiger partial charge >= 0.3 is 5.43 Å². The second kappa shape index (κ2) is 7.38. The third-order valence-electron chi connectivity index (χ3n) is 0.727. The van der Waals surface area contributed by atoms with Crippen LogP contribution in [-0.2, 0) is 4.29 Å². The summed E-state index contributed by atoms with van der Waals surface area (Å²) >= 11 is 8.82. The molecule has 0 spiro atoms. The number of hydrogen-bond donors (Lipinski definition) is 0. The molecule has 0 heterocycles. The second-order valence-electron chi connectivity index (χ2n) is 1.47. The molecule has 0 aromatic heterocycles. The molecule has 0 fully saturated rings. The standard InChI is InChI=1S/C6H6.CCl2O2/c1-2-4-6-5-3-1;2-1(4)5-3/h1-6H;. The topological polar surface area (TPSA) is 26.3 Å². The highest BCUT2D eigenvalue weighted by Crippen LogP contribution is 1.87. The molecular formula is C7H6Cl2O2. The predicted octanol–water partition coefficient (Wildman–Crippen LogP) is 3.20. The molecule has 1 aromatic carbocycles. The van der Waals surface area contributed by atoms with Crippen LogP contribution in [0, 0.1) is 0 Å². The van der Waals surface area contributed by atoms with Crippen molar-refractivity contribution in [2.45, 2.75) is 0 Å². The van der Waals surface area contributed by atoms with Crippen molar-refractivity contribution in [3.8, 4) is 0 Å². The van der Waals surface area contributed by atoms with Crippen LogP contribution in [0.1, 0.15) is 0 Å². The molecule has 0 aliphatic heterocycles. The first-order chi connectivity index (χ1) is 5.27. The summed E-state index contributed by atoms with van der Waals surface area (Å²) < 4.78 is 3.35. The van der Waals surface area contributed by atoms with Crippen molar-refractivity contribution >= 4 is 28.9 Å². The Morgan fingerprint density at radius 1 is 1.00 bits per heavy atom. The minimum absolute atomic E-state index is 1.01. The molecule has 11 heavy (non-hydrogen) atoms. The molecule has 0 saturated heterocycles. The Morgan fingerprint density at radius 3 is 1.27 bits per heavy atom. The van der Waals surface area contributed by atoms with Crippen LogP contribution in [0.25, 0.3) is 0 Å². The molecule has 0 aliphatic rings. The number of rotatable bonds is 0. The molecule has 0 bridgehead atoms. The predicted molar refractivity (Wildman–Crippen MR) is 44.6 cm³/mol. The summed E-state index contributed by atoms with van der Waals surface area (Å²) in [7, 11) is 0. The van der Waals surface area contributed by atoms with Crippen LogP contribution in [0.2, 0.25) is 0 Å². The zero-order valence-corrected chi connectivity index (χ0v) is 7.05. The summed E-state index contributed by atoms with van der Waals surface area (Å²) in [6, 6.07) is 12.0. The van der Waals surface area contributed by atoms with Gasteiger partial charge in [-0.2, -0.15) is 0 Å². The maximum atomic E-state index is 9.22. The highest BCUT2D eigenvalue weighted by molar-refractivity contribution is 6.62. The SMILES string of the molecule is O=C(Cl)OCl.c1ccccc1. The van der Waals surface area contributed by atoms with E-state index >= 15 is 0 Å². The van der Waals surface area contributed by atoms with Crippen molar-refractivity contribution in [1.82, 2.24) is 0 Å². The van der Waals surface area contributed by atoms with Crippen LogP contribution in [0.5, 0.6) is 0 Å². The summed E-state index contributed by atoms with van der Waals surface area (Å²) in [5.41, 5.74) is -1.01. The number of benzene rings is 1. The Bertz CT molecular complexity index is 162. The fourth-order valence-electron chi connectivity index (χ4n) is 0.385. The van der Waals surface area contributed by atoms with E-state index in [0.717, 1.165) is 0 Å². The number of carbonyl (C=O) groups is 1. The van der Waals surface area contributed by atoms with Crippen molar-refractivity contribution in [2.24, 2.45) is 0 Å². The molecule has 0 unspecified atom stereocenters. The average Bonchev–Trinajstić information content (AvgIpc) is 2.09. The van der Waals surface area contributed by atoms with Gasteiger partial charge in [0.25, 0.3) is 0 Å². The van der Waals surface area contributed by atoms with Gasteiger partial charge in [-0.05, 0) is 0 Å². The highest BCUT2D eigenvalue weighted by Gasteiger charge is 1.84. The van der Waals surface area contributed by atoms with Gasteiger partial charge in [-0.3, -0.25) is 0 Å². The minimum Gasteiger partial charge on any atom is -0.334 e. The molecule has 0 amide bonds. The zero-order valence-electron chi connectivity index (χ0n) is 5.54. The smallest absolute Gasteiger partial charge is 0.334 e. The van der Waals surface area contributed by atoms with Crippen molar-refractivity contribution in [2.75, 3.05) is 0 Å². The molecule has 0 atom stereocenters. The number of carbonyl (C=O) groups excluding carboxylic acids is 1. The maximum absolute atomic E-state index is 9.22. The first kappa shape index (κ1) is 10.3. The van der Waals surface area contributed by atoms with Crippen LogP contribution in [0.15, 0.2) is 36.4 Å². The van der Waals surface area contributed by atoms with E-state index in [9.17, 15) is 4.79 Å². The van der Waals surface area contributed by atoms with Gasteiger partial charge in [-0.25, -0.2) is 4.79 Å². The third-order valence-corrected chi connectivity index (χ3v) is 1.02. The maximum Gasteiger partial charge on any atom is 0.421 e. The highest BCUT2D eigenvalue weighted by atomic mass is 35.5. The van der Waals surface area contributed by atoms with E-state index in [2.05, 4.69) is 27.8 Å². The number of hydrogen-bond acceptors (Lipinski definition) is 2. The van der Waals surface area contributed by atoms with E-state index in [1.165, 1.54) is 0 Å². The summed E-state index contributed by atoms with van der Waals surface area (Å²) in [6.45, 7) is 0. The molecule has 0 N–H and O–H groups in total. The minimum atomic E-state index is -1.01. The first-order valence-electron chi connectivity index (χ1n) is 2.75. The second-order valence-corrected chi connectivity index (χ2v) is 1.93. The van der Waals surface area contributed by atoms with Gasteiger partial charge in [0.15, 0.2) is 0 Å². The summed E-state index contributed by atoms with van der Waals surface area (Å²) in [4.78, 5) is 9.22. The molecule has 1 aromatic rings. The Balaban J connectivity index is 0.000000187. The van der Waals surface area contributed by atoms with Crippen LogP contribution in [0.3, 0.4) is 0 Å². The van der Waals surface area contributed by atoms with Gasteiger partial charge in [0.1, 0.15) is 11.9 Å². The Morgan fingerprint density at radius 2 is 1.18 bits per heavy atom. The lowest BCUT2D eigenvalue weighted by Gasteiger charge is -1.71. The zero-order chi connectivity index (χ0) is 8.53. The van der Waals surface area contributed by atoms with Crippen LogP contribution in [-0.4, -0.2) is 5.43 Å². The van der Waals surface area contributed by atoms with E-state index in [-0.39, 0.29) is 0 Å². The molecule has 0 saturated carbocycles. The Kier molecular flexibility index (Phi) is 6.89. The fraction of sp³-hybridized carbons (Fsp3) is 0. The summed E-state index contributed by atoms with van der Waals surface area (Å²) in [6.07, 6.45) is 0. The molecule has 1 rings (SSSR count). The monoisotopic (exact) mass is 192 g/mol. The van der Waals surface area contributed by atoms with Gasteiger partial charge in [-0.1, -0.05) is 36.4 Å². The average molecular weight is 193 g/mol.